The second-order valence-corrected chi connectivity index (χ2v) is 8.88. The van der Waals surface area contributed by atoms with Crippen molar-refractivity contribution >= 4 is 43.8 Å². The molecule has 4 aromatic rings. The molecule has 7 nitrogen and oxygen atoms in total. The van der Waals surface area contributed by atoms with E-state index in [0.29, 0.717) is 12.2 Å². The van der Waals surface area contributed by atoms with E-state index in [1.54, 1.807) is 0 Å². The smallest absolute Gasteiger partial charge is 0.300 e. The molecule has 0 radical (unpaired) electrons. The zero-order valence-electron chi connectivity index (χ0n) is 17.8. The number of halogens is 1. The molecule has 32 heavy (non-hydrogen) atoms. The highest BCUT2D eigenvalue weighted by atomic mass is 79.9. The zero-order valence-corrected chi connectivity index (χ0v) is 19.4. The maximum atomic E-state index is 12.9. The lowest BCUT2D eigenvalue weighted by molar-refractivity contribution is -0.134. The Kier molecular flexibility index (Phi) is 6.43. The van der Waals surface area contributed by atoms with Crippen LogP contribution in [0.15, 0.2) is 45.8 Å². The monoisotopic (exact) mass is 496 g/mol. The number of aromatic nitrogens is 3. The highest BCUT2D eigenvalue weighted by molar-refractivity contribution is 9.10. The van der Waals surface area contributed by atoms with Gasteiger partial charge in [0.2, 0.25) is 0 Å². The van der Waals surface area contributed by atoms with Crippen LogP contribution < -0.4 is 11.3 Å². The molecule has 8 heteroatoms. The van der Waals surface area contributed by atoms with Crippen molar-refractivity contribution in [3.05, 3.63) is 62.5 Å². The summed E-state index contributed by atoms with van der Waals surface area (Å²) in [4.78, 5) is 29.8. The van der Waals surface area contributed by atoms with Crippen molar-refractivity contribution in [2.24, 2.45) is 5.73 Å². The second-order valence-electron chi connectivity index (χ2n) is 7.97. The molecule has 0 amide bonds. The lowest BCUT2D eigenvalue weighted by Gasteiger charge is -2.05. The van der Waals surface area contributed by atoms with E-state index in [2.05, 4.69) is 49.7 Å². The van der Waals surface area contributed by atoms with E-state index in [0.717, 1.165) is 64.7 Å². The van der Waals surface area contributed by atoms with Crippen LogP contribution in [-0.4, -0.2) is 32.2 Å². The molecule has 2 aromatic heterocycles. The highest BCUT2D eigenvalue weighted by Crippen LogP contribution is 2.32. The van der Waals surface area contributed by atoms with Gasteiger partial charge in [0, 0.05) is 40.6 Å². The van der Waals surface area contributed by atoms with Crippen molar-refractivity contribution < 1.29 is 9.90 Å². The molecule has 1 aliphatic rings. The minimum atomic E-state index is -0.833. The molecule has 0 saturated carbocycles. The zero-order chi connectivity index (χ0) is 22.8. The molecule has 5 rings (SSSR count). The van der Waals surface area contributed by atoms with Gasteiger partial charge >= 0.3 is 0 Å². The van der Waals surface area contributed by atoms with Crippen LogP contribution in [0, 0.1) is 0 Å². The Morgan fingerprint density at radius 3 is 2.69 bits per heavy atom. The van der Waals surface area contributed by atoms with Gasteiger partial charge in [-0.15, -0.1) is 0 Å². The molecular weight excluding hydrogens is 472 g/mol. The van der Waals surface area contributed by atoms with Gasteiger partial charge in [-0.1, -0.05) is 15.9 Å². The average Bonchev–Trinajstić information content (AvgIpc) is 3.33. The van der Waals surface area contributed by atoms with Crippen molar-refractivity contribution in [1.82, 2.24) is 14.5 Å². The SMILES string of the molecule is CC(=O)O.NCCCn1cc(-c2nc3cc4c(cc3[nH]c2=O)CCC4)c2cc(Br)ccc21. The van der Waals surface area contributed by atoms with E-state index in [1.807, 2.05) is 12.3 Å². The number of nitrogens with one attached hydrogen (secondary N) is 1. The van der Waals surface area contributed by atoms with Gasteiger partial charge in [-0.05, 0) is 73.7 Å². The lowest BCUT2D eigenvalue weighted by atomic mass is 10.1. The van der Waals surface area contributed by atoms with Crippen molar-refractivity contribution in [3.63, 3.8) is 0 Å². The van der Waals surface area contributed by atoms with Gasteiger partial charge in [0.25, 0.3) is 11.5 Å². The van der Waals surface area contributed by atoms with Gasteiger partial charge in [-0.3, -0.25) is 9.59 Å². The van der Waals surface area contributed by atoms with Gasteiger partial charge in [-0.2, -0.15) is 0 Å². The number of fused-ring (bicyclic) bond motifs is 3. The van der Waals surface area contributed by atoms with Crippen LogP contribution in [0.3, 0.4) is 0 Å². The predicted octanol–water partition coefficient (Wildman–Crippen LogP) is 4.24. The minimum absolute atomic E-state index is 0.150. The fourth-order valence-electron chi connectivity index (χ4n) is 4.24. The number of nitrogens with zero attached hydrogens (tertiary/aromatic N) is 2. The van der Waals surface area contributed by atoms with Crippen LogP contribution in [0.2, 0.25) is 0 Å². The first-order valence-electron chi connectivity index (χ1n) is 10.6. The molecule has 0 spiro atoms. The molecule has 0 saturated heterocycles. The quantitative estimate of drug-likeness (QED) is 0.391. The Labute approximate surface area is 193 Å². The molecule has 1 aliphatic carbocycles. The minimum Gasteiger partial charge on any atom is -0.481 e. The molecule has 0 bridgehead atoms. The van der Waals surface area contributed by atoms with Gasteiger partial charge < -0.3 is 20.4 Å². The Morgan fingerprint density at radius 2 is 1.97 bits per heavy atom. The van der Waals surface area contributed by atoms with Gasteiger partial charge in [-0.25, -0.2) is 4.98 Å². The van der Waals surface area contributed by atoms with Crippen LogP contribution in [-0.2, 0) is 24.2 Å². The van der Waals surface area contributed by atoms with Crippen LogP contribution in [0.5, 0.6) is 0 Å². The average molecular weight is 497 g/mol. The van der Waals surface area contributed by atoms with E-state index in [9.17, 15) is 4.79 Å². The van der Waals surface area contributed by atoms with E-state index >= 15 is 0 Å². The molecule has 0 fully saturated rings. The van der Waals surface area contributed by atoms with Crippen molar-refractivity contribution in [2.45, 2.75) is 39.2 Å². The summed E-state index contributed by atoms with van der Waals surface area (Å²) in [7, 11) is 0. The third-order valence-electron chi connectivity index (χ3n) is 5.61. The molecular formula is C24H25BrN4O3. The standard InChI is InChI=1S/C22H21BrN4O.C2H4O2/c23-15-5-6-20-16(11-15)17(12-27(20)8-2-7-24)21-22(28)26-19-10-14-4-1-3-13(14)9-18(19)25-21;1-2(3)4/h5-6,9-12H,1-4,7-8,24H2,(H,26,28);1H3,(H,3,4). The second kappa shape index (κ2) is 9.26. The number of aromatic amines is 1. The number of aryl methyl sites for hydroxylation is 3. The third-order valence-corrected chi connectivity index (χ3v) is 6.10. The topological polar surface area (TPSA) is 114 Å². The summed E-state index contributed by atoms with van der Waals surface area (Å²) >= 11 is 3.56. The molecule has 0 atom stereocenters. The summed E-state index contributed by atoms with van der Waals surface area (Å²) < 4.78 is 3.14. The molecule has 0 unspecified atom stereocenters. The molecule has 2 heterocycles. The number of benzene rings is 2. The lowest BCUT2D eigenvalue weighted by Crippen LogP contribution is -2.11. The maximum absolute atomic E-state index is 12.9. The summed E-state index contributed by atoms with van der Waals surface area (Å²) in [5.74, 6) is -0.833. The maximum Gasteiger partial charge on any atom is 0.300 e. The number of H-pyrrole nitrogens is 1. The van der Waals surface area contributed by atoms with E-state index < -0.39 is 5.97 Å². The summed E-state index contributed by atoms with van der Waals surface area (Å²) in [6.45, 7) is 2.53. The van der Waals surface area contributed by atoms with Crippen molar-refractivity contribution in [2.75, 3.05) is 6.54 Å². The number of carbonyl (C=O) groups is 1. The fourth-order valence-corrected chi connectivity index (χ4v) is 4.60. The predicted molar refractivity (Wildman–Crippen MR) is 130 cm³/mol. The normalized spacial score (nSPS) is 12.6. The molecule has 2 aromatic carbocycles. The third kappa shape index (κ3) is 4.47. The summed E-state index contributed by atoms with van der Waals surface area (Å²) in [5, 5.41) is 8.44. The van der Waals surface area contributed by atoms with Crippen molar-refractivity contribution in [1.29, 1.82) is 0 Å². The number of carboxylic acid groups (broad SMARTS) is 1. The van der Waals surface area contributed by atoms with Crippen molar-refractivity contribution in [3.8, 4) is 11.3 Å². The first-order valence-corrected chi connectivity index (χ1v) is 11.4. The van der Waals surface area contributed by atoms with Crippen LogP contribution in [0.1, 0.15) is 30.9 Å². The number of carboxylic acids is 1. The van der Waals surface area contributed by atoms with E-state index in [1.165, 1.54) is 17.5 Å². The highest BCUT2D eigenvalue weighted by Gasteiger charge is 2.18. The van der Waals surface area contributed by atoms with E-state index in [-0.39, 0.29) is 5.56 Å². The van der Waals surface area contributed by atoms with Crippen LogP contribution in [0.4, 0.5) is 0 Å². The first-order chi connectivity index (χ1) is 15.4. The van der Waals surface area contributed by atoms with Gasteiger partial charge in [0.1, 0.15) is 5.69 Å². The number of hydrogen-bond acceptors (Lipinski definition) is 4. The Balaban J connectivity index is 0.000000567. The van der Waals surface area contributed by atoms with Gasteiger partial charge in [0.05, 0.1) is 11.0 Å². The number of hydrogen-bond donors (Lipinski definition) is 3. The summed E-state index contributed by atoms with van der Waals surface area (Å²) in [6, 6.07) is 10.4. The molecule has 0 aliphatic heterocycles. The van der Waals surface area contributed by atoms with Crippen LogP contribution in [0.25, 0.3) is 33.2 Å². The number of nitrogens with two attached hydrogens (primary N) is 1. The fraction of sp³-hybridized carbons (Fsp3) is 0.292. The molecule has 166 valence electrons. The summed E-state index contributed by atoms with van der Waals surface area (Å²) in [6.07, 6.45) is 6.26. The largest absolute Gasteiger partial charge is 0.481 e. The van der Waals surface area contributed by atoms with Crippen LogP contribution >= 0.6 is 15.9 Å². The Morgan fingerprint density at radius 1 is 1.25 bits per heavy atom. The first kappa shape index (κ1) is 22.2. The van der Waals surface area contributed by atoms with E-state index in [4.69, 9.17) is 20.6 Å². The van der Waals surface area contributed by atoms with Gasteiger partial charge in [0.15, 0.2) is 0 Å². The number of aliphatic carboxylic acids is 1. The Bertz CT molecular complexity index is 1370. The number of rotatable bonds is 4. The molecule has 4 N–H and O–H groups in total. The summed E-state index contributed by atoms with van der Waals surface area (Å²) in [5.41, 5.74) is 12.3. The Hall–Kier alpha value is -2.97.